The topological polar surface area (TPSA) is 85.5 Å². The summed E-state index contributed by atoms with van der Waals surface area (Å²) in [6.07, 6.45) is 4.79. The van der Waals surface area contributed by atoms with Crippen molar-refractivity contribution in [2.75, 3.05) is 20.2 Å². The van der Waals surface area contributed by atoms with Gasteiger partial charge in [0.15, 0.2) is 0 Å². The Labute approximate surface area is 205 Å². The van der Waals surface area contributed by atoms with Crippen molar-refractivity contribution in [3.05, 3.63) is 71.6 Å². The van der Waals surface area contributed by atoms with E-state index in [1.165, 1.54) is 12.7 Å². The lowest BCUT2D eigenvalue weighted by Crippen LogP contribution is -2.49. The van der Waals surface area contributed by atoms with E-state index < -0.39 is 5.41 Å². The van der Waals surface area contributed by atoms with Gasteiger partial charge >= 0.3 is 5.97 Å². The van der Waals surface area contributed by atoms with Crippen LogP contribution in [0.3, 0.4) is 0 Å². The van der Waals surface area contributed by atoms with Crippen LogP contribution in [0.5, 0.6) is 0 Å². The molecule has 3 aromatic rings. The second kappa shape index (κ2) is 10.1. The molecule has 5 rings (SSSR count). The maximum atomic E-state index is 13.1. The maximum absolute atomic E-state index is 13.1. The van der Waals surface area contributed by atoms with Gasteiger partial charge in [0.1, 0.15) is 5.78 Å². The lowest BCUT2D eigenvalue weighted by atomic mass is 9.66. The van der Waals surface area contributed by atoms with Gasteiger partial charge in [-0.1, -0.05) is 66.2 Å². The third-order valence-corrected chi connectivity index (χ3v) is 7.46. The van der Waals surface area contributed by atoms with Crippen molar-refractivity contribution in [3.63, 3.8) is 0 Å². The molecular formula is C28H31N3O4. The third-order valence-electron chi connectivity index (χ3n) is 7.46. The minimum Gasteiger partial charge on any atom is -0.469 e. The second-order valence-corrected chi connectivity index (χ2v) is 9.70. The van der Waals surface area contributed by atoms with E-state index in [-0.39, 0.29) is 11.9 Å². The first-order chi connectivity index (χ1) is 17.1. The second-order valence-electron chi connectivity index (χ2n) is 9.70. The van der Waals surface area contributed by atoms with E-state index in [1.54, 1.807) is 0 Å². The molecule has 182 valence electrons. The Morgan fingerprint density at radius 2 is 1.89 bits per heavy atom. The molecule has 7 heteroatoms. The molecule has 1 saturated carbocycles. The van der Waals surface area contributed by atoms with Crippen molar-refractivity contribution in [1.82, 2.24) is 15.0 Å². The van der Waals surface area contributed by atoms with E-state index in [0.717, 1.165) is 50.0 Å². The lowest BCUT2D eigenvalue weighted by Gasteiger charge is -2.37. The summed E-state index contributed by atoms with van der Waals surface area (Å²) >= 11 is 0. The van der Waals surface area contributed by atoms with Crippen LogP contribution in [0.15, 0.2) is 59.1 Å². The molecular weight excluding hydrogens is 442 g/mol. The largest absolute Gasteiger partial charge is 0.469 e. The van der Waals surface area contributed by atoms with Gasteiger partial charge in [-0.15, -0.1) is 0 Å². The molecule has 0 radical (unpaired) electrons. The highest BCUT2D eigenvalue weighted by molar-refractivity contribution is 5.90. The van der Waals surface area contributed by atoms with Gasteiger partial charge in [-0.3, -0.25) is 14.5 Å². The number of methoxy groups -OCH3 is 1. The molecule has 1 aliphatic heterocycles. The fourth-order valence-corrected chi connectivity index (χ4v) is 5.39. The van der Waals surface area contributed by atoms with Gasteiger partial charge < -0.3 is 9.26 Å². The van der Waals surface area contributed by atoms with Crippen LogP contribution in [0.25, 0.3) is 11.4 Å². The van der Waals surface area contributed by atoms with E-state index in [4.69, 9.17) is 9.26 Å². The number of carbonyl (C=O) groups excluding carboxylic acids is 2. The van der Waals surface area contributed by atoms with Crippen LogP contribution in [0.1, 0.15) is 49.1 Å². The highest BCUT2D eigenvalue weighted by atomic mass is 16.5. The summed E-state index contributed by atoms with van der Waals surface area (Å²) in [5.41, 5.74) is 2.70. The number of Topliss-reactive ketones (excluding diaryl/α,β-unsaturated/α-hetero) is 1. The predicted molar refractivity (Wildman–Crippen MR) is 130 cm³/mol. The average molecular weight is 474 g/mol. The highest BCUT2D eigenvalue weighted by Crippen LogP contribution is 2.40. The fraction of sp³-hybridized carbons (Fsp3) is 0.429. The molecule has 0 spiro atoms. The Balaban J connectivity index is 1.21. The van der Waals surface area contributed by atoms with Crippen molar-refractivity contribution in [3.8, 4) is 11.4 Å². The molecule has 1 unspecified atom stereocenters. The summed E-state index contributed by atoms with van der Waals surface area (Å²) in [5.74, 6) is 1.30. The number of ketones is 1. The van der Waals surface area contributed by atoms with E-state index in [0.29, 0.717) is 36.8 Å². The van der Waals surface area contributed by atoms with Gasteiger partial charge in [0.2, 0.25) is 11.7 Å². The van der Waals surface area contributed by atoms with Crippen molar-refractivity contribution < 1.29 is 18.8 Å². The highest BCUT2D eigenvalue weighted by Gasteiger charge is 2.41. The molecule has 2 aliphatic rings. The van der Waals surface area contributed by atoms with Gasteiger partial charge in [0.25, 0.3) is 0 Å². The molecule has 35 heavy (non-hydrogen) atoms. The summed E-state index contributed by atoms with van der Waals surface area (Å²) in [5, 5.41) is 4.19. The lowest BCUT2D eigenvalue weighted by molar-refractivity contribution is -0.151. The molecule has 1 aliphatic carbocycles. The van der Waals surface area contributed by atoms with Crippen molar-refractivity contribution in [2.45, 2.75) is 50.5 Å². The number of rotatable bonds is 8. The predicted octanol–water partition coefficient (Wildman–Crippen LogP) is 4.36. The molecule has 0 N–H and O–H groups in total. The van der Waals surface area contributed by atoms with Crippen molar-refractivity contribution in [1.29, 1.82) is 0 Å². The van der Waals surface area contributed by atoms with Crippen LogP contribution >= 0.6 is 0 Å². The van der Waals surface area contributed by atoms with Crippen LogP contribution in [0.2, 0.25) is 0 Å². The van der Waals surface area contributed by atoms with Crippen LogP contribution in [0.4, 0.5) is 0 Å². The summed E-state index contributed by atoms with van der Waals surface area (Å²) < 4.78 is 10.4. The van der Waals surface area contributed by atoms with E-state index in [9.17, 15) is 9.59 Å². The number of nitrogens with zero attached hydrogens (tertiary/aromatic N) is 3. The summed E-state index contributed by atoms with van der Waals surface area (Å²) in [7, 11) is 1.43. The van der Waals surface area contributed by atoms with Crippen LogP contribution in [-0.4, -0.2) is 47.0 Å². The Hall–Kier alpha value is -3.32. The smallest absolute Gasteiger partial charge is 0.311 e. The van der Waals surface area contributed by atoms with Crippen LogP contribution in [-0.2, 0) is 32.7 Å². The Kier molecular flexibility index (Phi) is 6.77. The first-order valence-electron chi connectivity index (χ1n) is 12.4. The number of hydrogen-bond donors (Lipinski definition) is 0. The van der Waals surface area contributed by atoms with Crippen molar-refractivity contribution in [2.24, 2.45) is 5.92 Å². The maximum Gasteiger partial charge on any atom is 0.311 e. The minimum atomic E-state index is -0.459. The molecule has 2 fully saturated rings. The third kappa shape index (κ3) is 4.91. The zero-order valence-corrected chi connectivity index (χ0v) is 20.1. The van der Waals surface area contributed by atoms with Gasteiger partial charge in [0, 0.05) is 38.0 Å². The number of carbonyl (C=O) groups is 2. The van der Waals surface area contributed by atoms with Gasteiger partial charge in [0.05, 0.1) is 18.4 Å². The van der Waals surface area contributed by atoms with Crippen LogP contribution < -0.4 is 0 Å². The normalized spacial score (nSPS) is 21.0. The molecule has 2 heterocycles. The molecule has 1 aromatic heterocycles. The van der Waals surface area contributed by atoms with Gasteiger partial charge in [-0.05, 0) is 30.4 Å². The average Bonchev–Trinajstić information content (AvgIpc) is 3.35. The van der Waals surface area contributed by atoms with Gasteiger partial charge in [-0.25, -0.2) is 0 Å². The van der Waals surface area contributed by atoms with E-state index in [1.807, 2.05) is 30.3 Å². The zero-order valence-electron chi connectivity index (χ0n) is 20.1. The number of benzene rings is 2. The summed E-state index contributed by atoms with van der Waals surface area (Å²) in [4.78, 5) is 31.5. The Morgan fingerprint density at radius 1 is 1.11 bits per heavy atom. The number of hydrogen-bond acceptors (Lipinski definition) is 7. The first kappa shape index (κ1) is 23.4. The molecule has 1 atom stereocenters. The van der Waals surface area contributed by atoms with Crippen molar-refractivity contribution >= 4 is 11.8 Å². The molecule has 0 bridgehead atoms. The Morgan fingerprint density at radius 3 is 2.60 bits per heavy atom. The molecule has 2 aromatic carbocycles. The number of ether oxygens (including phenoxy) is 1. The number of aryl methyl sites for hydroxylation is 1. The zero-order chi connectivity index (χ0) is 24.3. The molecule has 1 saturated heterocycles. The SMILES string of the molecule is COC(=O)C1CN(Cc2ccc(-c3noc(CCC4(c5ccccc5)CCCCC4=O)n3)cc2)C1. The molecule has 0 amide bonds. The summed E-state index contributed by atoms with van der Waals surface area (Å²) in [6.45, 7) is 2.26. The molecule has 7 nitrogen and oxygen atoms in total. The number of esters is 1. The number of aromatic nitrogens is 2. The summed E-state index contributed by atoms with van der Waals surface area (Å²) in [6, 6.07) is 18.3. The minimum absolute atomic E-state index is 0.0121. The Bertz CT molecular complexity index is 1170. The first-order valence-corrected chi connectivity index (χ1v) is 12.4. The standard InChI is InChI=1S/C28H31N3O4/c1-34-27(33)22-18-31(19-22)17-20-10-12-21(13-11-20)26-29-25(35-30-26)14-16-28(15-6-5-9-24(28)32)23-7-3-2-4-8-23/h2-4,7-8,10-13,22H,5-6,9,14-19H2,1H3. The number of likely N-dealkylation sites (tertiary alicyclic amines) is 1. The fourth-order valence-electron chi connectivity index (χ4n) is 5.39. The van der Waals surface area contributed by atoms with E-state index in [2.05, 4.69) is 39.3 Å². The van der Waals surface area contributed by atoms with Gasteiger partial charge in [-0.2, -0.15) is 4.98 Å². The van der Waals surface area contributed by atoms with Crippen LogP contribution in [0, 0.1) is 5.92 Å². The monoisotopic (exact) mass is 473 g/mol. The quantitative estimate of drug-likeness (QED) is 0.450. The van der Waals surface area contributed by atoms with E-state index >= 15 is 0 Å².